The summed E-state index contributed by atoms with van der Waals surface area (Å²) in [6, 6.07) is 9.43. The maximum atomic E-state index is 12.3. The summed E-state index contributed by atoms with van der Waals surface area (Å²) in [6.45, 7) is -0.387. The van der Waals surface area contributed by atoms with E-state index in [-0.39, 0.29) is 40.4 Å². The molecule has 2 aromatic rings. The third-order valence-corrected chi connectivity index (χ3v) is 3.32. The van der Waals surface area contributed by atoms with Gasteiger partial charge < -0.3 is 10.2 Å². The molecule has 0 heterocycles. The van der Waals surface area contributed by atoms with Crippen molar-refractivity contribution in [3.05, 3.63) is 64.2 Å². The fraction of sp³-hybridized carbons (Fsp3) is 0.0667. The first-order chi connectivity index (χ1) is 9.15. The molecular weight excluding hydrogens is 244 g/mol. The highest BCUT2D eigenvalue weighted by atomic mass is 16.3. The standard InChI is InChI=1S/C15H10O4/c16-7-8-5-6-11-12(13(8)17)15(19)10-4-2-1-3-9(10)14(11)18/h1-6,16-17H,7H2. The van der Waals surface area contributed by atoms with Gasteiger partial charge >= 0.3 is 0 Å². The van der Waals surface area contributed by atoms with Gasteiger partial charge in [-0.2, -0.15) is 0 Å². The summed E-state index contributed by atoms with van der Waals surface area (Å²) >= 11 is 0. The zero-order valence-corrected chi connectivity index (χ0v) is 9.88. The molecule has 0 amide bonds. The van der Waals surface area contributed by atoms with Crippen molar-refractivity contribution in [3.63, 3.8) is 0 Å². The highest BCUT2D eigenvalue weighted by Crippen LogP contribution is 2.34. The Morgan fingerprint density at radius 3 is 2.11 bits per heavy atom. The molecule has 1 aliphatic rings. The van der Waals surface area contributed by atoms with E-state index >= 15 is 0 Å². The molecule has 0 bridgehead atoms. The van der Waals surface area contributed by atoms with Crippen LogP contribution in [0.3, 0.4) is 0 Å². The van der Waals surface area contributed by atoms with E-state index in [9.17, 15) is 14.7 Å². The number of aromatic hydroxyl groups is 1. The summed E-state index contributed by atoms with van der Waals surface area (Å²) in [6.07, 6.45) is 0. The molecule has 0 atom stereocenters. The lowest BCUT2D eigenvalue weighted by atomic mass is 9.83. The van der Waals surface area contributed by atoms with Crippen LogP contribution < -0.4 is 0 Å². The molecule has 0 aromatic heterocycles. The third-order valence-electron chi connectivity index (χ3n) is 3.32. The van der Waals surface area contributed by atoms with E-state index in [0.29, 0.717) is 5.56 Å². The fourth-order valence-corrected chi connectivity index (χ4v) is 2.34. The topological polar surface area (TPSA) is 74.6 Å². The van der Waals surface area contributed by atoms with E-state index in [1.807, 2.05) is 0 Å². The van der Waals surface area contributed by atoms with Crippen LogP contribution in [0.25, 0.3) is 0 Å². The van der Waals surface area contributed by atoms with Gasteiger partial charge in [0.25, 0.3) is 0 Å². The molecule has 0 saturated heterocycles. The maximum absolute atomic E-state index is 12.3. The van der Waals surface area contributed by atoms with Crippen molar-refractivity contribution in [2.75, 3.05) is 0 Å². The Morgan fingerprint density at radius 2 is 1.47 bits per heavy atom. The molecule has 0 spiro atoms. The van der Waals surface area contributed by atoms with Crippen molar-refractivity contribution in [3.8, 4) is 5.75 Å². The van der Waals surface area contributed by atoms with E-state index in [1.165, 1.54) is 12.1 Å². The van der Waals surface area contributed by atoms with Crippen LogP contribution in [-0.2, 0) is 6.61 Å². The lowest BCUT2D eigenvalue weighted by Crippen LogP contribution is -2.21. The second kappa shape index (κ2) is 4.03. The van der Waals surface area contributed by atoms with Gasteiger partial charge in [0, 0.05) is 22.3 Å². The average Bonchev–Trinajstić information content (AvgIpc) is 2.44. The molecule has 0 saturated carbocycles. The molecule has 3 rings (SSSR count). The highest BCUT2D eigenvalue weighted by Gasteiger charge is 2.32. The molecule has 1 aliphatic carbocycles. The number of rotatable bonds is 1. The molecule has 94 valence electrons. The Bertz CT molecular complexity index is 716. The molecule has 0 fully saturated rings. The minimum atomic E-state index is -0.391. The van der Waals surface area contributed by atoms with Crippen LogP contribution in [0.15, 0.2) is 36.4 Å². The van der Waals surface area contributed by atoms with Crippen LogP contribution in [0.2, 0.25) is 0 Å². The molecule has 0 aliphatic heterocycles. The van der Waals surface area contributed by atoms with Gasteiger partial charge in [-0.05, 0) is 6.07 Å². The molecule has 4 nitrogen and oxygen atoms in total. The van der Waals surface area contributed by atoms with E-state index in [1.54, 1.807) is 24.3 Å². The minimum absolute atomic E-state index is 0.0183. The summed E-state index contributed by atoms with van der Waals surface area (Å²) in [7, 11) is 0. The average molecular weight is 254 g/mol. The van der Waals surface area contributed by atoms with Crippen molar-refractivity contribution in [2.45, 2.75) is 6.61 Å². The number of carbonyl (C=O) groups excluding carboxylic acids is 2. The molecule has 0 unspecified atom stereocenters. The number of phenols is 1. The van der Waals surface area contributed by atoms with Crippen molar-refractivity contribution >= 4 is 11.6 Å². The number of carbonyl (C=O) groups is 2. The second-order valence-corrected chi connectivity index (χ2v) is 4.36. The van der Waals surface area contributed by atoms with E-state index in [4.69, 9.17) is 5.11 Å². The zero-order chi connectivity index (χ0) is 13.6. The van der Waals surface area contributed by atoms with E-state index in [0.717, 1.165) is 0 Å². The third kappa shape index (κ3) is 1.50. The maximum Gasteiger partial charge on any atom is 0.198 e. The summed E-state index contributed by atoms with van der Waals surface area (Å²) in [5.74, 6) is -0.990. The van der Waals surface area contributed by atoms with Crippen LogP contribution in [0.5, 0.6) is 5.75 Å². The van der Waals surface area contributed by atoms with E-state index < -0.39 is 5.78 Å². The number of aliphatic hydroxyl groups is 1. The Kier molecular flexibility index (Phi) is 2.47. The lowest BCUT2D eigenvalue weighted by molar-refractivity contribution is 0.0976. The van der Waals surface area contributed by atoms with Crippen LogP contribution in [0, 0.1) is 0 Å². The Morgan fingerprint density at radius 1 is 0.842 bits per heavy atom. The SMILES string of the molecule is O=C1c2ccccc2C(=O)c2c1ccc(CO)c2O. The van der Waals surface area contributed by atoms with Gasteiger partial charge in [-0.3, -0.25) is 9.59 Å². The summed E-state index contributed by atoms with van der Waals surface area (Å²) in [4.78, 5) is 24.6. The van der Waals surface area contributed by atoms with Crippen LogP contribution in [-0.4, -0.2) is 21.8 Å². The van der Waals surface area contributed by atoms with Crippen molar-refractivity contribution in [1.82, 2.24) is 0 Å². The number of fused-ring (bicyclic) bond motifs is 2. The Hall–Kier alpha value is -2.46. The number of ketones is 2. The summed E-state index contributed by atoms with van der Waals surface area (Å²) < 4.78 is 0. The monoisotopic (exact) mass is 254 g/mol. The van der Waals surface area contributed by atoms with Gasteiger partial charge in [-0.25, -0.2) is 0 Å². The van der Waals surface area contributed by atoms with Gasteiger partial charge in [0.15, 0.2) is 11.6 Å². The predicted molar refractivity (Wildman–Crippen MR) is 67.3 cm³/mol. The molecule has 19 heavy (non-hydrogen) atoms. The first-order valence-electron chi connectivity index (χ1n) is 5.79. The summed E-state index contributed by atoms with van der Waals surface area (Å²) in [5.41, 5.74) is 1.02. The van der Waals surface area contributed by atoms with Gasteiger partial charge in [0.05, 0.1) is 12.2 Å². The number of aliphatic hydroxyl groups excluding tert-OH is 1. The first-order valence-corrected chi connectivity index (χ1v) is 5.79. The van der Waals surface area contributed by atoms with Crippen molar-refractivity contribution in [2.24, 2.45) is 0 Å². The van der Waals surface area contributed by atoms with Crippen LogP contribution in [0.4, 0.5) is 0 Å². The quantitative estimate of drug-likeness (QED) is 0.692. The van der Waals surface area contributed by atoms with Gasteiger partial charge in [-0.15, -0.1) is 0 Å². The minimum Gasteiger partial charge on any atom is -0.507 e. The second-order valence-electron chi connectivity index (χ2n) is 4.36. The number of hydrogen-bond donors (Lipinski definition) is 2. The predicted octanol–water partition coefficient (Wildman–Crippen LogP) is 1.66. The Balaban J connectivity index is 2.33. The molecular formula is C15H10O4. The molecule has 2 N–H and O–H groups in total. The van der Waals surface area contributed by atoms with Crippen molar-refractivity contribution in [1.29, 1.82) is 0 Å². The smallest absolute Gasteiger partial charge is 0.198 e. The van der Waals surface area contributed by atoms with Gasteiger partial charge in [0.1, 0.15) is 5.75 Å². The largest absolute Gasteiger partial charge is 0.507 e. The van der Waals surface area contributed by atoms with Crippen LogP contribution >= 0.6 is 0 Å². The normalized spacial score (nSPS) is 13.1. The van der Waals surface area contributed by atoms with Crippen LogP contribution in [0.1, 0.15) is 37.4 Å². The zero-order valence-electron chi connectivity index (χ0n) is 9.88. The molecule has 4 heteroatoms. The first kappa shape index (κ1) is 11.6. The van der Waals surface area contributed by atoms with Gasteiger partial charge in [-0.1, -0.05) is 30.3 Å². The molecule has 0 radical (unpaired) electrons. The lowest BCUT2D eigenvalue weighted by Gasteiger charge is -2.19. The van der Waals surface area contributed by atoms with Gasteiger partial charge in [0.2, 0.25) is 0 Å². The number of benzene rings is 2. The van der Waals surface area contributed by atoms with Crippen molar-refractivity contribution < 1.29 is 19.8 Å². The molecule has 2 aromatic carbocycles. The fourth-order valence-electron chi connectivity index (χ4n) is 2.34. The Labute approximate surface area is 108 Å². The highest BCUT2D eigenvalue weighted by molar-refractivity contribution is 6.29. The summed E-state index contributed by atoms with van der Waals surface area (Å²) in [5, 5.41) is 19.1. The van der Waals surface area contributed by atoms with E-state index in [2.05, 4.69) is 0 Å². The number of hydrogen-bond acceptors (Lipinski definition) is 4.